The van der Waals surface area contributed by atoms with Gasteiger partial charge in [-0.05, 0) is 52.9 Å². The van der Waals surface area contributed by atoms with E-state index in [0.717, 1.165) is 17.5 Å². The molecule has 23 heavy (non-hydrogen) atoms. The van der Waals surface area contributed by atoms with Crippen LogP contribution in [0.2, 0.25) is 0 Å². The van der Waals surface area contributed by atoms with Crippen molar-refractivity contribution in [1.29, 1.82) is 10.5 Å². The van der Waals surface area contributed by atoms with Crippen LogP contribution in [0.5, 0.6) is 0 Å². The van der Waals surface area contributed by atoms with Crippen molar-refractivity contribution >= 4 is 0 Å². The van der Waals surface area contributed by atoms with Gasteiger partial charge in [-0.2, -0.15) is 10.5 Å². The highest BCUT2D eigenvalue weighted by molar-refractivity contribution is 5.64. The Balaban J connectivity index is 1.76. The molecule has 0 unspecified atom stereocenters. The van der Waals surface area contributed by atoms with Crippen LogP contribution in [0.25, 0.3) is 11.1 Å². The molecule has 0 aliphatic carbocycles. The molecule has 0 radical (unpaired) electrons. The minimum atomic E-state index is 0.672. The quantitative estimate of drug-likeness (QED) is 0.703. The molecule has 0 aromatic heterocycles. The predicted molar refractivity (Wildman–Crippen MR) is 90.6 cm³/mol. The van der Waals surface area contributed by atoms with Gasteiger partial charge in [0.15, 0.2) is 0 Å². The molecular weight excluding hydrogens is 280 g/mol. The van der Waals surface area contributed by atoms with Crippen molar-refractivity contribution in [2.45, 2.75) is 6.42 Å². The zero-order chi connectivity index (χ0) is 16.1. The maximum Gasteiger partial charge on any atom is 0.0991 e. The van der Waals surface area contributed by atoms with E-state index in [0.29, 0.717) is 11.1 Å². The van der Waals surface area contributed by atoms with Crippen LogP contribution >= 0.6 is 0 Å². The second-order valence-corrected chi connectivity index (χ2v) is 5.37. The van der Waals surface area contributed by atoms with E-state index >= 15 is 0 Å². The third-order valence-corrected chi connectivity index (χ3v) is 3.79. The lowest BCUT2D eigenvalue weighted by Gasteiger charge is -2.05. The van der Waals surface area contributed by atoms with Gasteiger partial charge in [0, 0.05) is 0 Å². The van der Waals surface area contributed by atoms with Crippen molar-refractivity contribution in [1.82, 2.24) is 0 Å². The molecule has 3 rings (SSSR count). The molecule has 0 aliphatic heterocycles. The van der Waals surface area contributed by atoms with Gasteiger partial charge in [0.2, 0.25) is 0 Å². The number of nitrogens with zero attached hydrogens (tertiary/aromatic N) is 2. The smallest absolute Gasteiger partial charge is 0.0991 e. The van der Waals surface area contributed by atoms with E-state index in [1.807, 2.05) is 48.5 Å². The summed E-state index contributed by atoms with van der Waals surface area (Å²) in [4.78, 5) is 0. The molecule has 0 N–H and O–H groups in total. The molecule has 2 heteroatoms. The fourth-order valence-corrected chi connectivity index (χ4v) is 2.49. The van der Waals surface area contributed by atoms with Crippen LogP contribution in [0.3, 0.4) is 0 Å². The lowest BCUT2D eigenvalue weighted by molar-refractivity contribution is 1.19. The van der Waals surface area contributed by atoms with Gasteiger partial charge in [-0.3, -0.25) is 0 Å². The first-order valence-corrected chi connectivity index (χ1v) is 7.37. The van der Waals surface area contributed by atoms with Crippen LogP contribution in [0.1, 0.15) is 22.3 Å². The predicted octanol–water partition coefficient (Wildman–Crippen LogP) is 4.69. The van der Waals surface area contributed by atoms with E-state index in [4.69, 9.17) is 10.5 Å². The standard InChI is InChI=1S/C21H14N2/c22-14-18-3-1-16(2-4-18)13-17-5-9-20(10-6-17)21-11-7-19(15-23)8-12-21/h1-12H,13H2. The molecule has 0 fully saturated rings. The average Bonchev–Trinajstić information content (AvgIpc) is 2.63. The van der Waals surface area contributed by atoms with Gasteiger partial charge in [0.05, 0.1) is 23.3 Å². The zero-order valence-corrected chi connectivity index (χ0v) is 12.5. The van der Waals surface area contributed by atoms with Crippen LogP contribution < -0.4 is 0 Å². The first-order chi connectivity index (χ1) is 11.3. The lowest BCUT2D eigenvalue weighted by Crippen LogP contribution is -1.89. The molecule has 3 aromatic rings. The Morgan fingerprint density at radius 1 is 0.522 bits per heavy atom. The summed E-state index contributed by atoms with van der Waals surface area (Å²) in [5.74, 6) is 0. The average molecular weight is 294 g/mol. The third-order valence-electron chi connectivity index (χ3n) is 3.79. The molecule has 0 amide bonds. The summed E-state index contributed by atoms with van der Waals surface area (Å²) in [6.45, 7) is 0. The SMILES string of the molecule is N#Cc1ccc(Cc2ccc(-c3ccc(C#N)cc3)cc2)cc1. The maximum absolute atomic E-state index is 8.84. The first-order valence-electron chi connectivity index (χ1n) is 7.37. The van der Waals surface area contributed by atoms with Crippen LogP contribution in [0.4, 0.5) is 0 Å². The number of hydrogen-bond donors (Lipinski definition) is 0. The molecule has 3 aromatic carbocycles. The topological polar surface area (TPSA) is 47.6 Å². The molecular formula is C21H14N2. The molecule has 0 saturated heterocycles. The number of benzene rings is 3. The highest BCUT2D eigenvalue weighted by atomic mass is 14.2. The van der Waals surface area contributed by atoms with Crippen molar-refractivity contribution in [2.24, 2.45) is 0 Å². The van der Waals surface area contributed by atoms with Crippen LogP contribution in [0, 0.1) is 22.7 Å². The minimum Gasteiger partial charge on any atom is -0.192 e. The highest BCUT2D eigenvalue weighted by Crippen LogP contribution is 2.21. The summed E-state index contributed by atoms with van der Waals surface area (Å²) in [5, 5.41) is 17.7. The van der Waals surface area contributed by atoms with E-state index in [2.05, 4.69) is 36.4 Å². The fourth-order valence-electron chi connectivity index (χ4n) is 2.49. The second kappa shape index (κ2) is 6.60. The summed E-state index contributed by atoms with van der Waals surface area (Å²) >= 11 is 0. The Kier molecular flexibility index (Phi) is 4.18. The van der Waals surface area contributed by atoms with Gasteiger partial charge >= 0.3 is 0 Å². The van der Waals surface area contributed by atoms with E-state index in [9.17, 15) is 0 Å². The van der Waals surface area contributed by atoms with Gasteiger partial charge in [-0.25, -0.2) is 0 Å². The normalized spacial score (nSPS) is 9.83. The molecule has 0 atom stereocenters. The van der Waals surface area contributed by atoms with E-state index in [1.165, 1.54) is 11.1 Å². The van der Waals surface area contributed by atoms with Crippen molar-refractivity contribution in [3.05, 3.63) is 95.1 Å². The number of rotatable bonds is 3. The Labute approximate surface area is 135 Å². The Morgan fingerprint density at radius 3 is 1.30 bits per heavy atom. The summed E-state index contributed by atoms with van der Waals surface area (Å²) in [7, 11) is 0. The van der Waals surface area contributed by atoms with Crippen molar-refractivity contribution in [3.63, 3.8) is 0 Å². The van der Waals surface area contributed by atoms with E-state index in [1.54, 1.807) is 0 Å². The Morgan fingerprint density at radius 2 is 0.870 bits per heavy atom. The monoisotopic (exact) mass is 294 g/mol. The van der Waals surface area contributed by atoms with Gasteiger partial charge in [-0.1, -0.05) is 48.5 Å². The lowest BCUT2D eigenvalue weighted by atomic mass is 9.99. The van der Waals surface area contributed by atoms with E-state index in [-0.39, 0.29) is 0 Å². The molecule has 0 spiro atoms. The van der Waals surface area contributed by atoms with Crippen molar-refractivity contribution in [2.75, 3.05) is 0 Å². The number of hydrogen-bond acceptors (Lipinski definition) is 2. The number of nitriles is 2. The largest absolute Gasteiger partial charge is 0.192 e. The maximum atomic E-state index is 8.84. The Hall–Kier alpha value is -3.36. The molecule has 0 saturated carbocycles. The van der Waals surface area contributed by atoms with Gasteiger partial charge in [-0.15, -0.1) is 0 Å². The van der Waals surface area contributed by atoms with Crippen molar-refractivity contribution in [3.8, 4) is 23.3 Å². The third kappa shape index (κ3) is 3.46. The van der Waals surface area contributed by atoms with Gasteiger partial charge in [0.1, 0.15) is 0 Å². The molecule has 0 heterocycles. The molecule has 2 nitrogen and oxygen atoms in total. The summed E-state index contributed by atoms with van der Waals surface area (Å²) in [5.41, 5.74) is 6.02. The zero-order valence-electron chi connectivity index (χ0n) is 12.5. The van der Waals surface area contributed by atoms with E-state index < -0.39 is 0 Å². The summed E-state index contributed by atoms with van der Waals surface area (Å²) in [6, 6.07) is 28.0. The first kappa shape index (κ1) is 14.6. The minimum absolute atomic E-state index is 0.672. The highest BCUT2D eigenvalue weighted by Gasteiger charge is 2.01. The van der Waals surface area contributed by atoms with Gasteiger partial charge in [0.25, 0.3) is 0 Å². The molecule has 108 valence electrons. The van der Waals surface area contributed by atoms with Crippen LogP contribution in [-0.2, 0) is 6.42 Å². The fraction of sp³-hybridized carbons (Fsp3) is 0.0476. The summed E-state index contributed by atoms with van der Waals surface area (Å²) in [6.07, 6.45) is 0.847. The second-order valence-electron chi connectivity index (χ2n) is 5.37. The summed E-state index contributed by atoms with van der Waals surface area (Å²) < 4.78 is 0. The molecule has 0 bridgehead atoms. The van der Waals surface area contributed by atoms with Gasteiger partial charge < -0.3 is 0 Å². The molecule has 0 aliphatic rings. The van der Waals surface area contributed by atoms with Crippen molar-refractivity contribution < 1.29 is 0 Å². The Bertz CT molecular complexity index is 875. The van der Waals surface area contributed by atoms with Crippen LogP contribution in [-0.4, -0.2) is 0 Å². The van der Waals surface area contributed by atoms with Crippen LogP contribution in [0.15, 0.2) is 72.8 Å².